The second-order valence-electron chi connectivity index (χ2n) is 9.19. The third-order valence-electron chi connectivity index (χ3n) is 7.02. The molecule has 2 aliphatic rings. The first kappa shape index (κ1) is 24.7. The molecule has 2 aromatic carbocycles. The van der Waals surface area contributed by atoms with Gasteiger partial charge in [0.25, 0.3) is 0 Å². The average Bonchev–Trinajstić information content (AvgIpc) is 3.19. The van der Waals surface area contributed by atoms with Crippen LogP contribution in [0.1, 0.15) is 43.7 Å². The Hall–Kier alpha value is -3.39. The van der Waals surface area contributed by atoms with Crippen molar-refractivity contribution in [3.8, 4) is 11.1 Å². The van der Waals surface area contributed by atoms with Crippen molar-refractivity contribution in [3.05, 3.63) is 59.7 Å². The van der Waals surface area contributed by atoms with Gasteiger partial charge < -0.3 is 24.8 Å². The number of ether oxygens (including phenoxy) is 2. The second-order valence-corrected chi connectivity index (χ2v) is 9.19. The second kappa shape index (κ2) is 10.9. The lowest BCUT2D eigenvalue weighted by atomic mass is 9.96. The molecule has 4 rings (SSSR count). The molecule has 0 radical (unpaired) electrons. The first-order valence-corrected chi connectivity index (χ1v) is 12.1. The number of benzene rings is 2. The molecule has 1 heterocycles. The Morgan fingerprint density at radius 3 is 2.34 bits per heavy atom. The number of carbonyl (C=O) groups excluding carboxylic acids is 2. The molecule has 2 aromatic rings. The van der Waals surface area contributed by atoms with Gasteiger partial charge in [0.05, 0.1) is 25.7 Å². The van der Waals surface area contributed by atoms with E-state index < -0.39 is 24.1 Å². The molecular formula is C27H32N2O6. The van der Waals surface area contributed by atoms with Gasteiger partial charge in [-0.05, 0) is 28.2 Å². The Balaban J connectivity index is 1.45. The maximum Gasteiger partial charge on any atom is 0.407 e. The molecule has 0 aromatic heterocycles. The zero-order valence-electron chi connectivity index (χ0n) is 20.1. The van der Waals surface area contributed by atoms with Gasteiger partial charge in [-0.25, -0.2) is 4.79 Å². The van der Waals surface area contributed by atoms with E-state index in [9.17, 15) is 19.5 Å². The predicted molar refractivity (Wildman–Crippen MR) is 130 cm³/mol. The normalized spacial score (nSPS) is 18.8. The number of carboxylic acids is 1. The van der Waals surface area contributed by atoms with E-state index in [1.807, 2.05) is 50.2 Å². The topological polar surface area (TPSA) is 105 Å². The smallest absolute Gasteiger partial charge is 0.407 e. The quantitative estimate of drug-likeness (QED) is 0.598. The van der Waals surface area contributed by atoms with Crippen LogP contribution in [-0.2, 0) is 19.1 Å². The number of rotatable bonds is 8. The number of carboxylic acid groups (broad SMARTS) is 1. The van der Waals surface area contributed by atoms with E-state index in [4.69, 9.17) is 9.47 Å². The van der Waals surface area contributed by atoms with E-state index in [2.05, 4.69) is 17.4 Å². The molecule has 3 atom stereocenters. The third-order valence-corrected chi connectivity index (χ3v) is 7.02. The lowest BCUT2D eigenvalue weighted by Crippen LogP contribution is -2.58. The number of carbonyl (C=O) groups is 3. The molecule has 8 nitrogen and oxygen atoms in total. The third kappa shape index (κ3) is 5.32. The molecular weight excluding hydrogens is 448 g/mol. The van der Waals surface area contributed by atoms with Gasteiger partial charge in [-0.3, -0.25) is 9.59 Å². The van der Waals surface area contributed by atoms with E-state index in [1.54, 1.807) is 0 Å². The fourth-order valence-corrected chi connectivity index (χ4v) is 4.94. The molecule has 186 valence electrons. The number of fused-ring (bicyclic) bond motifs is 3. The van der Waals surface area contributed by atoms with Crippen molar-refractivity contribution in [1.82, 2.24) is 10.2 Å². The molecule has 0 spiro atoms. The fraction of sp³-hybridized carbons (Fsp3) is 0.444. The van der Waals surface area contributed by atoms with Crippen LogP contribution in [-0.4, -0.2) is 66.4 Å². The zero-order chi connectivity index (χ0) is 24.9. The Morgan fingerprint density at radius 2 is 1.74 bits per heavy atom. The fourth-order valence-electron chi connectivity index (χ4n) is 4.94. The van der Waals surface area contributed by atoms with Crippen LogP contribution in [0.25, 0.3) is 11.1 Å². The summed E-state index contributed by atoms with van der Waals surface area (Å²) in [6.45, 7) is 4.77. The summed E-state index contributed by atoms with van der Waals surface area (Å²) in [4.78, 5) is 39.1. The molecule has 1 aliphatic carbocycles. The van der Waals surface area contributed by atoms with Crippen LogP contribution in [0.3, 0.4) is 0 Å². The minimum atomic E-state index is -0.997. The summed E-state index contributed by atoms with van der Waals surface area (Å²) >= 11 is 0. The van der Waals surface area contributed by atoms with Crippen LogP contribution in [0.5, 0.6) is 0 Å². The van der Waals surface area contributed by atoms with Gasteiger partial charge in [-0.15, -0.1) is 0 Å². The Kier molecular flexibility index (Phi) is 7.70. The van der Waals surface area contributed by atoms with Gasteiger partial charge in [0.2, 0.25) is 5.91 Å². The highest BCUT2D eigenvalue weighted by atomic mass is 16.5. The largest absolute Gasteiger partial charge is 0.481 e. The molecule has 0 saturated carbocycles. The van der Waals surface area contributed by atoms with Crippen LogP contribution in [0.2, 0.25) is 0 Å². The van der Waals surface area contributed by atoms with Crippen molar-refractivity contribution in [1.29, 1.82) is 0 Å². The van der Waals surface area contributed by atoms with E-state index in [0.29, 0.717) is 13.0 Å². The molecule has 1 saturated heterocycles. The molecule has 1 fully saturated rings. The van der Waals surface area contributed by atoms with Crippen molar-refractivity contribution in [2.75, 3.05) is 26.4 Å². The van der Waals surface area contributed by atoms with Crippen LogP contribution < -0.4 is 5.32 Å². The van der Waals surface area contributed by atoms with E-state index >= 15 is 0 Å². The molecule has 2 N–H and O–H groups in total. The van der Waals surface area contributed by atoms with Crippen molar-refractivity contribution in [3.63, 3.8) is 0 Å². The van der Waals surface area contributed by atoms with Crippen molar-refractivity contribution < 1.29 is 29.0 Å². The van der Waals surface area contributed by atoms with Gasteiger partial charge >= 0.3 is 12.1 Å². The highest BCUT2D eigenvalue weighted by molar-refractivity contribution is 5.87. The summed E-state index contributed by atoms with van der Waals surface area (Å²) in [5.41, 5.74) is 4.50. The lowest BCUT2D eigenvalue weighted by molar-refractivity contribution is -0.148. The van der Waals surface area contributed by atoms with Crippen LogP contribution in [0, 0.1) is 5.92 Å². The Labute approximate surface area is 205 Å². The van der Waals surface area contributed by atoms with Crippen molar-refractivity contribution in [2.45, 2.75) is 44.7 Å². The number of aliphatic carboxylic acids is 1. The minimum Gasteiger partial charge on any atom is -0.481 e. The van der Waals surface area contributed by atoms with Gasteiger partial charge in [0.1, 0.15) is 12.6 Å². The maximum atomic E-state index is 13.4. The SMILES string of the molecule is CCC(C)[C@H](NC(=O)OCC1c2ccccc2-c2ccccc21)C(=O)N1CCOCC1CC(=O)O. The van der Waals surface area contributed by atoms with E-state index in [1.165, 1.54) is 4.90 Å². The van der Waals surface area contributed by atoms with Gasteiger partial charge in [0.15, 0.2) is 0 Å². The average molecular weight is 481 g/mol. The molecule has 2 unspecified atom stereocenters. The summed E-state index contributed by atoms with van der Waals surface area (Å²) < 4.78 is 11.0. The maximum absolute atomic E-state index is 13.4. The number of amides is 2. The summed E-state index contributed by atoms with van der Waals surface area (Å²) in [7, 11) is 0. The summed E-state index contributed by atoms with van der Waals surface area (Å²) in [6.07, 6.45) is -0.202. The minimum absolute atomic E-state index is 0.0786. The monoisotopic (exact) mass is 480 g/mol. The van der Waals surface area contributed by atoms with Crippen LogP contribution in [0.4, 0.5) is 4.79 Å². The lowest BCUT2D eigenvalue weighted by Gasteiger charge is -2.38. The number of nitrogens with zero attached hydrogens (tertiary/aromatic N) is 1. The van der Waals surface area contributed by atoms with Crippen molar-refractivity contribution >= 4 is 18.0 Å². The van der Waals surface area contributed by atoms with Crippen LogP contribution >= 0.6 is 0 Å². The van der Waals surface area contributed by atoms with Gasteiger partial charge in [0, 0.05) is 12.5 Å². The first-order chi connectivity index (χ1) is 16.9. The highest BCUT2D eigenvalue weighted by Gasteiger charge is 2.37. The molecule has 1 aliphatic heterocycles. The summed E-state index contributed by atoms with van der Waals surface area (Å²) in [6, 6.07) is 14.8. The predicted octanol–water partition coefficient (Wildman–Crippen LogP) is 3.64. The Morgan fingerprint density at radius 1 is 1.11 bits per heavy atom. The summed E-state index contributed by atoms with van der Waals surface area (Å²) in [5, 5.41) is 12.0. The van der Waals surface area contributed by atoms with Crippen LogP contribution in [0.15, 0.2) is 48.5 Å². The molecule has 0 bridgehead atoms. The molecule has 8 heteroatoms. The van der Waals surface area contributed by atoms with E-state index in [-0.39, 0.29) is 43.9 Å². The first-order valence-electron chi connectivity index (χ1n) is 12.1. The van der Waals surface area contributed by atoms with Gasteiger partial charge in [-0.2, -0.15) is 0 Å². The molecule has 35 heavy (non-hydrogen) atoms. The number of hydrogen-bond acceptors (Lipinski definition) is 5. The zero-order valence-corrected chi connectivity index (χ0v) is 20.1. The Bertz CT molecular complexity index is 1040. The van der Waals surface area contributed by atoms with Gasteiger partial charge in [-0.1, -0.05) is 68.8 Å². The summed E-state index contributed by atoms with van der Waals surface area (Å²) in [5.74, 6) is -1.54. The number of alkyl carbamates (subject to hydrolysis) is 1. The number of hydrogen-bond donors (Lipinski definition) is 2. The highest BCUT2D eigenvalue weighted by Crippen LogP contribution is 2.44. The molecule has 2 amide bonds. The van der Waals surface area contributed by atoms with Crippen molar-refractivity contribution in [2.24, 2.45) is 5.92 Å². The van der Waals surface area contributed by atoms with E-state index in [0.717, 1.165) is 22.3 Å². The number of nitrogens with one attached hydrogen (secondary N) is 1. The number of morpholine rings is 1. The standard InChI is InChI=1S/C27H32N2O6/c1-3-17(2)25(26(32)29-12-13-34-15-18(29)14-24(30)31)28-27(33)35-16-23-21-10-6-4-8-19(21)20-9-5-7-11-22(20)23/h4-11,17-18,23,25H,3,12-16H2,1-2H3,(H,28,33)(H,30,31)/t17?,18?,25-/m0/s1.